The van der Waals surface area contributed by atoms with E-state index in [1.165, 1.54) is 30.8 Å². The standard InChI is InChI=1S/C23H24N6O3/c1-14-10-15(2)29(26-14)13-17-7-5-6-16(11-17)12-24-21(30)19-9-8-18-20(25-19)27(3)23(32)28(4)22(18)31/h5-11H,12-13H2,1-4H3,(H,24,30). The van der Waals surface area contributed by atoms with Gasteiger partial charge in [0.15, 0.2) is 0 Å². The molecule has 1 N–H and O–H groups in total. The van der Waals surface area contributed by atoms with Gasteiger partial charge in [-0.25, -0.2) is 9.78 Å². The molecule has 9 heteroatoms. The van der Waals surface area contributed by atoms with E-state index in [-0.39, 0.29) is 22.6 Å². The van der Waals surface area contributed by atoms with Gasteiger partial charge < -0.3 is 5.32 Å². The summed E-state index contributed by atoms with van der Waals surface area (Å²) in [4.78, 5) is 41.4. The molecule has 32 heavy (non-hydrogen) atoms. The molecule has 1 amide bonds. The average molecular weight is 432 g/mol. The summed E-state index contributed by atoms with van der Waals surface area (Å²) in [5.41, 5.74) is 3.47. The number of aromatic nitrogens is 5. The first-order valence-electron chi connectivity index (χ1n) is 10.2. The Morgan fingerprint density at radius 2 is 1.75 bits per heavy atom. The number of aryl methyl sites for hydroxylation is 3. The third kappa shape index (κ3) is 3.96. The lowest BCUT2D eigenvalue weighted by atomic mass is 10.1. The molecular weight excluding hydrogens is 408 g/mol. The van der Waals surface area contributed by atoms with Crippen LogP contribution in [0, 0.1) is 13.8 Å². The van der Waals surface area contributed by atoms with Crippen LogP contribution in [0.25, 0.3) is 11.0 Å². The van der Waals surface area contributed by atoms with Crippen molar-refractivity contribution in [2.75, 3.05) is 0 Å². The van der Waals surface area contributed by atoms with Gasteiger partial charge in [-0.3, -0.25) is 23.4 Å². The van der Waals surface area contributed by atoms with Crippen molar-refractivity contribution >= 4 is 16.9 Å². The summed E-state index contributed by atoms with van der Waals surface area (Å²) < 4.78 is 4.22. The lowest BCUT2D eigenvalue weighted by molar-refractivity contribution is 0.0946. The van der Waals surface area contributed by atoms with Crippen molar-refractivity contribution in [3.63, 3.8) is 0 Å². The molecule has 0 radical (unpaired) electrons. The van der Waals surface area contributed by atoms with Gasteiger partial charge in [0, 0.05) is 26.3 Å². The van der Waals surface area contributed by atoms with E-state index in [2.05, 4.69) is 15.4 Å². The molecule has 0 aliphatic carbocycles. The summed E-state index contributed by atoms with van der Waals surface area (Å²) in [7, 11) is 2.93. The predicted octanol–water partition coefficient (Wildman–Crippen LogP) is 1.42. The van der Waals surface area contributed by atoms with Crippen LogP contribution in [0.15, 0.2) is 52.1 Å². The number of nitrogens with one attached hydrogen (secondary N) is 1. The number of carbonyl (C=O) groups excluding carboxylic acids is 1. The van der Waals surface area contributed by atoms with Crippen molar-refractivity contribution < 1.29 is 4.79 Å². The van der Waals surface area contributed by atoms with Crippen LogP contribution in [-0.2, 0) is 27.2 Å². The fourth-order valence-corrected chi connectivity index (χ4v) is 3.70. The topological polar surface area (TPSA) is 104 Å². The molecule has 3 aromatic heterocycles. The van der Waals surface area contributed by atoms with E-state index in [1.54, 1.807) is 0 Å². The second kappa shape index (κ2) is 8.26. The van der Waals surface area contributed by atoms with Crippen molar-refractivity contribution in [2.45, 2.75) is 26.9 Å². The predicted molar refractivity (Wildman–Crippen MR) is 121 cm³/mol. The van der Waals surface area contributed by atoms with Crippen molar-refractivity contribution in [1.82, 2.24) is 29.2 Å². The van der Waals surface area contributed by atoms with Gasteiger partial charge in [-0.05, 0) is 43.2 Å². The maximum Gasteiger partial charge on any atom is 0.332 e. The molecule has 4 rings (SSSR count). The first kappa shape index (κ1) is 21.2. The zero-order valence-electron chi connectivity index (χ0n) is 18.4. The van der Waals surface area contributed by atoms with Gasteiger partial charge in [0.05, 0.1) is 17.6 Å². The maximum atomic E-state index is 12.7. The zero-order valence-corrected chi connectivity index (χ0v) is 18.4. The smallest absolute Gasteiger partial charge is 0.332 e. The van der Waals surface area contributed by atoms with Crippen LogP contribution in [0.1, 0.15) is 33.0 Å². The number of pyridine rings is 1. The number of nitrogens with zero attached hydrogens (tertiary/aromatic N) is 5. The summed E-state index contributed by atoms with van der Waals surface area (Å²) >= 11 is 0. The highest BCUT2D eigenvalue weighted by Crippen LogP contribution is 2.11. The molecule has 0 bridgehead atoms. The Kier molecular flexibility index (Phi) is 5.48. The van der Waals surface area contributed by atoms with Crippen molar-refractivity contribution in [1.29, 1.82) is 0 Å². The molecule has 0 fully saturated rings. The molecule has 0 spiro atoms. The molecular formula is C23H24N6O3. The second-order valence-corrected chi connectivity index (χ2v) is 7.86. The highest BCUT2D eigenvalue weighted by Gasteiger charge is 2.14. The van der Waals surface area contributed by atoms with Gasteiger partial charge >= 0.3 is 5.69 Å². The number of carbonyl (C=O) groups is 1. The summed E-state index contributed by atoms with van der Waals surface area (Å²) in [6, 6.07) is 13.0. The molecule has 0 saturated heterocycles. The van der Waals surface area contributed by atoms with E-state index >= 15 is 0 Å². The van der Waals surface area contributed by atoms with Gasteiger partial charge in [-0.2, -0.15) is 5.10 Å². The summed E-state index contributed by atoms with van der Waals surface area (Å²) in [5, 5.41) is 7.62. The Balaban J connectivity index is 1.51. The lowest BCUT2D eigenvalue weighted by Crippen LogP contribution is -2.37. The molecule has 164 valence electrons. The minimum Gasteiger partial charge on any atom is -0.347 e. The van der Waals surface area contributed by atoms with Crippen LogP contribution in [0.3, 0.4) is 0 Å². The summed E-state index contributed by atoms with van der Waals surface area (Å²) in [5.74, 6) is -0.385. The number of rotatable bonds is 5. The van der Waals surface area contributed by atoms with Crippen LogP contribution in [0.5, 0.6) is 0 Å². The Labute approximate surface area is 184 Å². The molecule has 9 nitrogen and oxygen atoms in total. The summed E-state index contributed by atoms with van der Waals surface area (Å²) in [6.45, 7) is 4.95. The average Bonchev–Trinajstić information content (AvgIpc) is 3.10. The van der Waals surface area contributed by atoms with Gasteiger partial charge in [0.1, 0.15) is 11.3 Å². The number of fused-ring (bicyclic) bond motifs is 1. The Hall–Kier alpha value is -4.01. The fourth-order valence-electron chi connectivity index (χ4n) is 3.70. The highest BCUT2D eigenvalue weighted by molar-refractivity contribution is 5.94. The number of hydrogen-bond acceptors (Lipinski definition) is 5. The van der Waals surface area contributed by atoms with E-state index in [0.717, 1.165) is 27.1 Å². The molecule has 0 unspecified atom stereocenters. The van der Waals surface area contributed by atoms with E-state index in [0.29, 0.717) is 13.1 Å². The van der Waals surface area contributed by atoms with Gasteiger partial charge in [0.2, 0.25) is 0 Å². The SMILES string of the molecule is Cc1cc(C)n(Cc2cccc(CNC(=O)c3ccc4c(=O)n(C)c(=O)n(C)c4n3)c2)n1. The molecule has 0 atom stereocenters. The van der Waals surface area contributed by atoms with Gasteiger partial charge in [-0.15, -0.1) is 0 Å². The first-order chi connectivity index (χ1) is 15.2. The van der Waals surface area contributed by atoms with Crippen LogP contribution in [0.2, 0.25) is 0 Å². The van der Waals surface area contributed by atoms with Gasteiger partial charge in [0.25, 0.3) is 11.5 Å². The van der Waals surface area contributed by atoms with E-state index in [1.807, 2.05) is 48.9 Å². The number of hydrogen-bond donors (Lipinski definition) is 1. The largest absolute Gasteiger partial charge is 0.347 e. The van der Waals surface area contributed by atoms with E-state index in [9.17, 15) is 14.4 Å². The molecule has 1 aromatic carbocycles. The molecule has 3 heterocycles. The Morgan fingerprint density at radius 1 is 1.00 bits per heavy atom. The molecule has 0 aliphatic heterocycles. The lowest BCUT2D eigenvalue weighted by Gasteiger charge is -2.10. The minimum atomic E-state index is -0.494. The molecule has 4 aromatic rings. The maximum absolute atomic E-state index is 12.7. The van der Waals surface area contributed by atoms with Crippen LogP contribution in [-0.4, -0.2) is 29.8 Å². The fraction of sp³-hybridized carbons (Fsp3) is 0.261. The second-order valence-electron chi connectivity index (χ2n) is 7.86. The third-order valence-electron chi connectivity index (χ3n) is 5.41. The Bertz CT molecular complexity index is 1460. The van der Waals surface area contributed by atoms with Gasteiger partial charge in [-0.1, -0.05) is 24.3 Å². The molecule has 0 saturated carbocycles. The number of amides is 1. The monoisotopic (exact) mass is 432 g/mol. The minimum absolute atomic E-state index is 0.138. The van der Waals surface area contributed by atoms with Crippen LogP contribution >= 0.6 is 0 Å². The number of benzene rings is 1. The van der Waals surface area contributed by atoms with Crippen LogP contribution in [0.4, 0.5) is 0 Å². The quantitative estimate of drug-likeness (QED) is 0.514. The Morgan fingerprint density at radius 3 is 2.47 bits per heavy atom. The van der Waals surface area contributed by atoms with Crippen LogP contribution < -0.4 is 16.6 Å². The molecule has 0 aliphatic rings. The van der Waals surface area contributed by atoms with E-state index in [4.69, 9.17) is 0 Å². The normalized spacial score (nSPS) is 11.1. The van der Waals surface area contributed by atoms with Crippen molar-refractivity contribution in [3.05, 3.63) is 91.5 Å². The first-order valence-corrected chi connectivity index (χ1v) is 10.2. The zero-order chi connectivity index (χ0) is 23.0. The highest BCUT2D eigenvalue weighted by atomic mass is 16.2. The van der Waals surface area contributed by atoms with Crippen molar-refractivity contribution in [3.8, 4) is 0 Å². The van der Waals surface area contributed by atoms with E-state index < -0.39 is 11.2 Å². The third-order valence-corrected chi connectivity index (χ3v) is 5.41. The summed E-state index contributed by atoms with van der Waals surface area (Å²) in [6.07, 6.45) is 0. The van der Waals surface area contributed by atoms with Crippen molar-refractivity contribution in [2.24, 2.45) is 14.1 Å².